The Bertz CT molecular complexity index is 656. The van der Waals surface area contributed by atoms with E-state index in [9.17, 15) is 4.79 Å². The van der Waals surface area contributed by atoms with Crippen molar-refractivity contribution in [1.82, 2.24) is 9.55 Å². The van der Waals surface area contributed by atoms with Crippen LogP contribution in [-0.2, 0) is 4.74 Å². The average Bonchev–Trinajstić information content (AvgIpc) is 2.65. The van der Waals surface area contributed by atoms with Crippen molar-refractivity contribution in [3.63, 3.8) is 0 Å². The highest BCUT2D eigenvalue weighted by Gasteiger charge is 2.24. The molecule has 2 rings (SSSR count). The van der Waals surface area contributed by atoms with Crippen molar-refractivity contribution in [2.75, 3.05) is 19.0 Å². The van der Waals surface area contributed by atoms with Crippen LogP contribution in [0.1, 0.15) is 20.8 Å². The zero-order chi connectivity index (χ0) is 15.1. The molecule has 0 bridgehead atoms. The van der Waals surface area contributed by atoms with Gasteiger partial charge in [-0.05, 0) is 39.0 Å². The van der Waals surface area contributed by atoms with E-state index < -0.39 is 11.7 Å². The fraction of sp³-hybridized carbons (Fsp3) is 0.429. The van der Waals surface area contributed by atoms with Gasteiger partial charge in [0.2, 0.25) is 5.95 Å². The minimum absolute atomic E-state index is 0.429. The molecule has 1 heterocycles. The van der Waals surface area contributed by atoms with Gasteiger partial charge in [-0.3, -0.25) is 0 Å². The van der Waals surface area contributed by atoms with E-state index in [4.69, 9.17) is 4.74 Å². The van der Waals surface area contributed by atoms with Crippen LogP contribution in [0.3, 0.4) is 0 Å². The predicted molar refractivity (Wildman–Crippen MR) is 83.4 cm³/mol. The summed E-state index contributed by atoms with van der Waals surface area (Å²) in [5.74, 6) is 0.548. The Labute approximate surface area is 126 Å². The second kappa shape index (κ2) is 5.09. The lowest BCUT2D eigenvalue weighted by Crippen LogP contribution is -2.29. The van der Waals surface area contributed by atoms with Crippen molar-refractivity contribution < 1.29 is 9.53 Å². The van der Waals surface area contributed by atoms with Crippen molar-refractivity contribution in [1.29, 1.82) is 0 Å². The van der Waals surface area contributed by atoms with E-state index in [2.05, 4.69) is 20.9 Å². The predicted octanol–water partition coefficient (Wildman–Crippen LogP) is 3.65. The highest BCUT2D eigenvalue weighted by molar-refractivity contribution is 9.10. The number of halogens is 1. The zero-order valence-corrected chi connectivity index (χ0v) is 13.9. The molecule has 0 saturated carbocycles. The Hall–Kier alpha value is -1.56. The summed E-state index contributed by atoms with van der Waals surface area (Å²) in [7, 11) is 3.69. The summed E-state index contributed by atoms with van der Waals surface area (Å²) < 4.78 is 7.84. The van der Waals surface area contributed by atoms with Gasteiger partial charge in [0.05, 0.1) is 11.0 Å². The molecule has 0 saturated heterocycles. The van der Waals surface area contributed by atoms with Crippen LogP contribution in [0.25, 0.3) is 11.0 Å². The minimum Gasteiger partial charge on any atom is -0.443 e. The quantitative estimate of drug-likeness (QED) is 0.795. The minimum atomic E-state index is -0.552. The maximum Gasteiger partial charge on any atom is 0.421 e. The summed E-state index contributed by atoms with van der Waals surface area (Å²) >= 11 is 3.42. The molecule has 20 heavy (non-hydrogen) atoms. The molecule has 0 N–H and O–H groups in total. The molecular formula is C14H18BrN3O2. The number of hydrogen-bond donors (Lipinski definition) is 0. The van der Waals surface area contributed by atoms with Gasteiger partial charge in [0.25, 0.3) is 0 Å². The largest absolute Gasteiger partial charge is 0.443 e. The number of imidazole rings is 1. The van der Waals surface area contributed by atoms with E-state index in [1.54, 1.807) is 4.90 Å². The lowest BCUT2D eigenvalue weighted by Gasteiger charge is -2.21. The molecule has 0 aliphatic heterocycles. The lowest BCUT2D eigenvalue weighted by atomic mass is 10.2. The van der Waals surface area contributed by atoms with Crippen LogP contribution in [0.15, 0.2) is 22.7 Å². The maximum absolute atomic E-state index is 12.4. The van der Waals surface area contributed by atoms with E-state index in [1.165, 1.54) is 4.57 Å². The van der Waals surface area contributed by atoms with Crippen molar-refractivity contribution in [3.05, 3.63) is 22.7 Å². The first-order valence-corrected chi connectivity index (χ1v) is 7.07. The van der Waals surface area contributed by atoms with Gasteiger partial charge in [-0.15, -0.1) is 0 Å². The second-order valence-corrected chi connectivity index (χ2v) is 6.67. The van der Waals surface area contributed by atoms with Gasteiger partial charge < -0.3 is 9.64 Å². The van der Waals surface area contributed by atoms with Gasteiger partial charge in [0, 0.05) is 18.6 Å². The van der Waals surface area contributed by atoms with Crippen LogP contribution in [0.2, 0.25) is 0 Å². The maximum atomic E-state index is 12.4. The van der Waals surface area contributed by atoms with E-state index in [0.717, 1.165) is 15.5 Å². The Morgan fingerprint density at radius 1 is 1.35 bits per heavy atom. The van der Waals surface area contributed by atoms with Crippen molar-refractivity contribution in [3.8, 4) is 0 Å². The first-order chi connectivity index (χ1) is 9.19. The fourth-order valence-electron chi connectivity index (χ4n) is 1.82. The van der Waals surface area contributed by atoms with Crippen LogP contribution in [-0.4, -0.2) is 35.3 Å². The number of hydrogen-bond acceptors (Lipinski definition) is 4. The van der Waals surface area contributed by atoms with Gasteiger partial charge in [-0.1, -0.05) is 15.9 Å². The summed E-state index contributed by atoms with van der Waals surface area (Å²) in [6.45, 7) is 5.53. The molecule has 0 radical (unpaired) electrons. The fourth-order valence-corrected chi connectivity index (χ4v) is 2.17. The molecule has 0 unspecified atom stereocenters. The Kier molecular flexibility index (Phi) is 3.77. The lowest BCUT2D eigenvalue weighted by molar-refractivity contribution is 0.0546. The smallest absolute Gasteiger partial charge is 0.421 e. The topological polar surface area (TPSA) is 47.4 Å². The number of benzene rings is 1. The van der Waals surface area contributed by atoms with E-state index in [-0.39, 0.29) is 0 Å². The number of aromatic nitrogens is 2. The Morgan fingerprint density at radius 3 is 2.55 bits per heavy atom. The standard InChI is InChI=1S/C14H18BrN3O2/c1-14(2,3)20-13(19)18-11-8-9(15)6-7-10(11)16-12(18)17(4)5/h6-8H,1-5H3. The molecule has 0 atom stereocenters. The van der Waals surface area contributed by atoms with Crippen molar-refractivity contribution >= 4 is 39.0 Å². The number of nitrogens with zero attached hydrogens (tertiary/aromatic N) is 3. The monoisotopic (exact) mass is 339 g/mol. The molecule has 0 aliphatic rings. The van der Waals surface area contributed by atoms with Gasteiger partial charge >= 0.3 is 6.09 Å². The second-order valence-electron chi connectivity index (χ2n) is 5.76. The highest BCUT2D eigenvalue weighted by atomic mass is 79.9. The summed E-state index contributed by atoms with van der Waals surface area (Å²) in [6.07, 6.45) is -0.429. The third kappa shape index (κ3) is 2.95. The molecule has 5 nitrogen and oxygen atoms in total. The van der Waals surface area contributed by atoms with Crippen LogP contribution in [0.4, 0.5) is 10.7 Å². The first kappa shape index (κ1) is 14.8. The van der Waals surface area contributed by atoms with Gasteiger partial charge in [-0.25, -0.2) is 14.3 Å². The first-order valence-electron chi connectivity index (χ1n) is 6.28. The summed E-state index contributed by atoms with van der Waals surface area (Å²) in [4.78, 5) is 18.7. The number of anilines is 1. The number of ether oxygens (including phenoxy) is 1. The van der Waals surface area contributed by atoms with Gasteiger partial charge in [0.15, 0.2) is 0 Å². The molecule has 108 valence electrons. The molecule has 0 amide bonds. The van der Waals surface area contributed by atoms with E-state index in [1.807, 2.05) is 53.1 Å². The van der Waals surface area contributed by atoms with Crippen LogP contribution < -0.4 is 4.90 Å². The Morgan fingerprint density at radius 2 is 2.00 bits per heavy atom. The summed E-state index contributed by atoms with van der Waals surface area (Å²) in [6, 6.07) is 5.63. The summed E-state index contributed by atoms with van der Waals surface area (Å²) in [5, 5.41) is 0. The summed E-state index contributed by atoms with van der Waals surface area (Å²) in [5.41, 5.74) is 0.920. The number of rotatable bonds is 1. The average molecular weight is 340 g/mol. The van der Waals surface area contributed by atoms with Crippen LogP contribution in [0, 0.1) is 0 Å². The SMILES string of the molecule is CN(C)c1nc2ccc(Br)cc2n1C(=O)OC(C)(C)C. The van der Waals surface area contributed by atoms with E-state index >= 15 is 0 Å². The normalized spacial score (nSPS) is 11.7. The van der Waals surface area contributed by atoms with Crippen LogP contribution in [0.5, 0.6) is 0 Å². The van der Waals surface area contributed by atoms with Crippen LogP contribution >= 0.6 is 15.9 Å². The van der Waals surface area contributed by atoms with E-state index in [0.29, 0.717) is 5.95 Å². The third-order valence-electron chi connectivity index (χ3n) is 2.57. The molecule has 0 aliphatic carbocycles. The van der Waals surface area contributed by atoms with Gasteiger partial charge in [-0.2, -0.15) is 0 Å². The highest BCUT2D eigenvalue weighted by Crippen LogP contribution is 2.26. The molecular weight excluding hydrogens is 322 g/mol. The Balaban J connectivity index is 2.62. The molecule has 0 spiro atoms. The zero-order valence-electron chi connectivity index (χ0n) is 12.3. The van der Waals surface area contributed by atoms with Crippen molar-refractivity contribution in [2.24, 2.45) is 0 Å². The molecule has 0 fully saturated rings. The third-order valence-corrected chi connectivity index (χ3v) is 3.07. The molecule has 6 heteroatoms. The van der Waals surface area contributed by atoms with Gasteiger partial charge in [0.1, 0.15) is 5.60 Å². The molecule has 1 aromatic carbocycles. The molecule has 2 aromatic rings. The molecule has 1 aromatic heterocycles. The number of carbonyl (C=O) groups excluding carboxylic acids is 1. The van der Waals surface area contributed by atoms with Crippen molar-refractivity contribution in [2.45, 2.75) is 26.4 Å². The number of fused-ring (bicyclic) bond motifs is 1. The number of carbonyl (C=O) groups is 1.